The molecule has 0 unspecified atom stereocenters. The summed E-state index contributed by atoms with van der Waals surface area (Å²) in [5, 5.41) is 5.09. The molecule has 3 heterocycles. The lowest BCUT2D eigenvalue weighted by atomic mass is 9.77. The Morgan fingerprint density at radius 3 is 2.14 bits per heavy atom. The maximum atomic E-state index is 13.6. The molecule has 0 aliphatic carbocycles. The number of likely N-dealkylation sites (tertiary alicyclic amines) is 1. The zero-order valence-electron chi connectivity index (χ0n) is 24.5. The third-order valence-corrected chi connectivity index (χ3v) is 8.42. The van der Waals surface area contributed by atoms with Gasteiger partial charge in [0.05, 0.1) is 24.3 Å². The molecular weight excluding hydrogens is 551 g/mol. The average Bonchev–Trinajstić information content (AvgIpc) is 3.58. The van der Waals surface area contributed by atoms with Gasteiger partial charge in [-0.05, 0) is 105 Å². The fraction of sp³-hybridized carbons (Fsp3) is 0.364. The highest BCUT2D eigenvalue weighted by Gasteiger charge is 2.45. The van der Waals surface area contributed by atoms with E-state index in [0.717, 1.165) is 71.9 Å². The van der Waals surface area contributed by atoms with Gasteiger partial charge in [-0.1, -0.05) is 22.3 Å². The molecule has 43 heavy (non-hydrogen) atoms. The maximum absolute atomic E-state index is 13.6. The number of nitrogens with one attached hydrogen (secondary N) is 2. The summed E-state index contributed by atoms with van der Waals surface area (Å²) < 4.78 is 30.8. The third-order valence-electron chi connectivity index (χ3n) is 8.42. The number of hydrogen-bond donors (Lipinski definition) is 1. The normalized spacial score (nSPS) is 16.6. The number of aromatic amines is 2. The summed E-state index contributed by atoms with van der Waals surface area (Å²) in [6.07, 6.45) is 2.40. The van der Waals surface area contributed by atoms with Crippen LogP contribution in [0.2, 0.25) is 0 Å². The van der Waals surface area contributed by atoms with Gasteiger partial charge >= 0.3 is 11.6 Å². The van der Waals surface area contributed by atoms with Crippen molar-refractivity contribution < 1.29 is 28.2 Å². The fourth-order valence-corrected chi connectivity index (χ4v) is 6.26. The Hall–Kier alpha value is -4.44. The summed E-state index contributed by atoms with van der Waals surface area (Å²) in [5.74, 6) is 1.10. The lowest BCUT2D eigenvalue weighted by Crippen LogP contribution is -2.41. The monoisotopic (exact) mass is 587 g/mol. The van der Waals surface area contributed by atoms with Crippen molar-refractivity contribution in [3.8, 4) is 34.1 Å². The van der Waals surface area contributed by atoms with Crippen molar-refractivity contribution in [3.05, 3.63) is 82.6 Å². The highest BCUT2D eigenvalue weighted by molar-refractivity contribution is 5.96. The van der Waals surface area contributed by atoms with E-state index in [9.17, 15) is 14.0 Å². The number of carbonyl (C=O) groups is 1. The first-order chi connectivity index (χ1) is 20.9. The SMILES string of the molecule is CCOc1cc(CN2CCC3(CC2)CC(=O)N(c2ccc(-c4[nH+][nH]c(=O)o4)cc2)C3)cc(OCC)c1-c1ccc(F)cc1. The number of H-pyrrole nitrogens is 2. The van der Waals surface area contributed by atoms with Gasteiger partial charge in [0, 0.05) is 25.2 Å². The molecule has 1 aromatic heterocycles. The van der Waals surface area contributed by atoms with Crippen molar-refractivity contribution in [2.45, 2.75) is 39.7 Å². The number of aromatic nitrogens is 2. The molecule has 0 radical (unpaired) electrons. The number of carbonyl (C=O) groups excluding carboxylic acids is 1. The molecule has 3 aromatic carbocycles. The van der Waals surface area contributed by atoms with Gasteiger partial charge in [0.1, 0.15) is 17.3 Å². The van der Waals surface area contributed by atoms with Crippen LogP contribution >= 0.6 is 0 Å². The molecule has 1 spiro atoms. The molecule has 224 valence electrons. The zero-order valence-corrected chi connectivity index (χ0v) is 24.5. The number of nitrogens with zero attached hydrogens (tertiary/aromatic N) is 2. The van der Waals surface area contributed by atoms with E-state index < -0.39 is 5.76 Å². The van der Waals surface area contributed by atoms with Gasteiger partial charge in [-0.25, -0.2) is 9.18 Å². The zero-order chi connectivity index (χ0) is 30.0. The Kier molecular flexibility index (Phi) is 8.03. The van der Waals surface area contributed by atoms with E-state index in [4.69, 9.17) is 13.9 Å². The lowest BCUT2D eigenvalue weighted by Gasteiger charge is -2.39. The van der Waals surface area contributed by atoms with Crippen molar-refractivity contribution in [1.29, 1.82) is 0 Å². The smallest absolute Gasteiger partial charge is 0.470 e. The number of rotatable bonds is 9. The summed E-state index contributed by atoms with van der Waals surface area (Å²) in [6, 6.07) is 18.0. The summed E-state index contributed by atoms with van der Waals surface area (Å²) in [4.78, 5) is 28.8. The van der Waals surface area contributed by atoms with Gasteiger partial charge in [0.15, 0.2) is 0 Å². The van der Waals surface area contributed by atoms with Gasteiger partial charge in [-0.15, -0.1) is 0 Å². The maximum Gasteiger partial charge on any atom is 0.470 e. The molecule has 1 amide bonds. The van der Waals surface area contributed by atoms with Gasteiger partial charge < -0.3 is 18.8 Å². The minimum absolute atomic E-state index is 0.0487. The van der Waals surface area contributed by atoms with Gasteiger partial charge in [-0.3, -0.25) is 9.69 Å². The van der Waals surface area contributed by atoms with E-state index in [-0.39, 0.29) is 17.1 Å². The predicted octanol–water partition coefficient (Wildman–Crippen LogP) is 5.07. The molecule has 10 heteroatoms. The number of halogens is 1. The number of ether oxygens (including phenoxy) is 2. The lowest BCUT2D eigenvalue weighted by molar-refractivity contribution is -0.443. The van der Waals surface area contributed by atoms with Crippen LogP contribution in [0.15, 0.2) is 69.9 Å². The minimum atomic E-state index is -0.548. The van der Waals surface area contributed by atoms with Gasteiger partial charge in [-0.2, -0.15) is 0 Å². The van der Waals surface area contributed by atoms with Crippen LogP contribution < -0.4 is 25.2 Å². The molecule has 2 fully saturated rings. The van der Waals surface area contributed by atoms with E-state index in [1.807, 2.05) is 43.0 Å². The molecule has 0 saturated carbocycles. The van der Waals surface area contributed by atoms with Gasteiger partial charge in [0.2, 0.25) is 5.91 Å². The number of amides is 1. The molecule has 2 saturated heterocycles. The standard InChI is InChI=1S/C33H35FN4O5/c1-3-41-27-17-22(18-28(42-4-2)30(27)23-5-9-25(34)10-6-23)20-37-15-13-33(14-16-37)19-29(39)38(21-33)26-11-7-24(8-12-26)31-35-36-32(40)43-31/h5-12,17-18H,3-4,13-16,19-21H2,1-2H3,(H,36,40)/p+1. The minimum Gasteiger partial charge on any atom is -0.493 e. The predicted molar refractivity (Wildman–Crippen MR) is 159 cm³/mol. The molecule has 2 N–H and O–H groups in total. The Bertz CT molecular complexity index is 1610. The van der Waals surface area contributed by atoms with Gasteiger partial charge in [0.25, 0.3) is 0 Å². The molecule has 0 atom stereocenters. The Morgan fingerprint density at radius 2 is 1.56 bits per heavy atom. The van der Waals surface area contributed by atoms with Crippen molar-refractivity contribution in [3.63, 3.8) is 0 Å². The fourth-order valence-electron chi connectivity index (χ4n) is 6.26. The van der Waals surface area contributed by atoms with E-state index >= 15 is 0 Å². The molecular formula is C33H36FN4O5+. The van der Waals surface area contributed by atoms with Crippen molar-refractivity contribution in [2.75, 3.05) is 37.7 Å². The van der Waals surface area contributed by atoms with E-state index in [1.165, 1.54) is 12.1 Å². The van der Waals surface area contributed by atoms with Crippen LogP contribution in [0.1, 0.15) is 38.7 Å². The van der Waals surface area contributed by atoms with E-state index in [0.29, 0.717) is 32.1 Å². The topological polar surface area (TPSA) is 102 Å². The summed E-state index contributed by atoms with van der Waals surface area (Å²) in [7, 11) is 0. The number of benzene rings is 3. The first-order valence-corrected chi connectivity index (χ1v) is 14.8. The van der Waals surface area contributed by atoms with E-state index in [2.05, 4.69) is 27.2 Å². The van der Waals surface area contributed by atoms with Crippen LogP contribution in [-0.4, -0.2) is 48.8 Å². The van der Waals surface area contributed by atoms with Crippen LogP contribution in [0.3, 0.4) is 0 Å². The first-order valence-electron chi connectivity index (χ1n) is 14.8. The van der Waals surface area contributed by atoms with Crippen LogP contribution in [0.4, 0.5) is 10.1 Å². The molecule has 4 aromatic rings. The van der Waals surface area contributed by atoms with Crippen LogP contribution in [0.25, 0.3) is 22.6 Å². The number of hydrogen-bond acceptors (Lipinski definition) is 6. The Balaban J connectivity index is 1.14. The summed E-state index contributed by atoms with van der Waals surface area (Å²) in [6.45, 7) is 8.11. The molecule has 2 aliphatic rings. The first kappa shape index (κ1) is 28.7. The number of piperidine rings is 1. The average molecular weight is 588 g/mol. The van der Waals surface area contributed by atoms with E-state index in [1.54, 1.807) is 12.1 Å². The second-order valence-corrected chi connectivity index (χ2v) is 11.3. The second kappa shape index (κ2) is 12.0. The highest BCUT2D eigenvalue weighted by atomic mass is 19.1. The van der Waals surface area contributed by atoms with Crippen molar-refractivity contribution in [2.24, 2.45) is 5.41 Å². The largest absolute Gasteiger partial charge is 0.493 e. The second-order valence-electron chi connectivity index (χ2n) is 11.3. The van der Waals surface area contributed by atoms with Crippen molar-refractivity contribution in [1.82, 2.24) is 10.00 Å². The van der Waals surface area contributed by atoms with Crippen LogP contribution in [0.5, 0.6) is 11.5 Å². The van der Waals surface area contributed by atoms with Crippen LogP contribution in [0, 0.1) is 11.2 Å². The Morgan fingerprint density at radius 1 is 0.930 bits per heavy atom. The number of anilines is 1. The summed E-state index contributed by atoms with van der Waals surface area (Å²) >= 11 is 0. The quantitative estimate of drug-likeness (QED) is 0.293. The molecule has 0 bridgehead atoms. The summed E-state index contributed by atoms with van der Waals surface area (Å²) in [5.41, 5.74) is 4.29. The molecule has 6 rings (SSSR count). The van der Waals surface area contributed by atoms with Crippen molar-refractivity contribution >= 4 is 11.6 Å². The van der Waals surface area contributed by atoms with Crippen LogP contribution in [-0.2, 0) is 11.3 Å². The Labute approximate surface area is 249 Å². The molecule has 9 nitrogen and oxygen atoms in total. The third kappa shape index (κ3) is 6.06. The highest BCUT2D eigenvalue weighted by Crippen LogP contribution is 2.44. The molecule has 2 aliphatic heterocycles.